The molecule has 2 unspecified atom stereocenters. The second-order valence-electron chi connectivity index (χ2n) is 5.92. The summed E-state index contributed by atoms with van der Waals surface area (Å²) in [6.45, 7) is 4.64. The van der Waals surface area contributed by atoms with Gasteiger partial charge in [-0.2, -0.15) is 0 Å². The van der Waals surface area contributed by atoms with Gasteiger partial charge in [-0.15, -0.1) is 0 Å². The Labute approximate surface area is 129 Å². The summed E-state index contributed by atoms with van der Waals surface area (Å²) in [7, 11) is 0. The maximum atomic E-state index is 6.24. The fourth-order valence-corrected chi connectivity index (χ4v) is 3.32. The molecule has 22 heavy (non-hydrogen) atoms. The molecule has 2 aromatic rings. The Morgan fingerprint density at radius 1 is 1.23 bits per heavy atom. The van der Waals surface area contributed by atoms with Crippen molar-refractivity contribution in [2.24, 2.45) is 0 Å². The minimum absolute atomic E-state index is 0.0397. The Kier molecular flexibility index (Phi) is 3.69. The number of fused-ring (bicyclic) bond motifs is 1. The Balaban J connectivity index is 1.46. The fraction of sp³-hybridized carbons (Fsp3) is 0.600. The number of anilines is 1. The van der Waals surface area contributed by atoms with Gasteiger partial charge >= 0.3 is 0 Å². The summed E-state index contributed by atoms with van der Waals surface area (Å²) in [5.41, 5.74) is 6.75. The summed E-state index contributed by atoms with van der Waals surface area (Å²) in [6, 6.07) is 1.96. The third-order valence-electron chi connectivity index (χ3n) is 4.50. The van der Waals surface area contributed by atoms with Crippen LogP contribution >= 0.6 is 0 Å². The van der Waals surface area contributed by atoms with Crippen LogP contribution in [0, 0.1) is 0 Å². The maximum Gasteiger partial charge on any atom is 0.147 e. The van der Waals surface area contributed by atoms with Crippen molar-refractivity contribution in [3.63, 3.8) is 0 Å². The molecule has 2 aromatic heterocycles. The lowest BCUT2D eigenvalue weighted by molar-refractivity contribution is -0.0308. The molecule has 2 atom stereocenters. The molecule has 2 N–H and O–H groups in total. The zero-order valence-corrected chi connectivity index (χ0v) is 12.5. The van der Waals surface area contributed by atoms with Gasteiger partial charge in [0.1, 0.15) is 24.0 Å². The van der Waals surface area contributed by atoms with E-state index in [-0.39, 0.29) is 12.3 Å². The van der Waals surface area contributed by atoms with E-state index in [4.69, 9.17) is 15.2 Å². The van der Waals surface area contributed by atoms with Crippen molar-refractivity contribution in [1.29, 1.82) is 0 Å². The Morgan fingerprint density at radius 2 is 2.09 bits per heavy atom. The van der Waals surface area contributed by atoms with Crippen molar-refractivity contribution in [3.8, 4) is 0 Å². The lowest BCUT2D eigenvalue weighted by Gasteiger charge is -2.29. The van der Waals surface area contributed by atoms with Crippen molar-refractivity contribution >= 4 is 16.9 Å². The van der Waals surface area contributed by atoms with Gasteiger partial charge in [-0.1, -0.05) is 0 Å². The molecule has 0 aromatic carbocycles. The van der Waals surface area contributed by atoms with E-state index in [0.29, 0.717) is 5.82 Å². The molecule has 4 heterocycles. The van der Waals surface area contributed by atoms with Gasteiger partial charge in [0, 0.05) is 25.8 Å². The minimum atomic E-state index is 0.0397. The molecule has 7 heteroatoms. The first kappa shape index (κ1) is 13.9. The first-order chi connectivity index (χ1) is 10.8. The molecule has 7 nitrogen and oxygen atoms in total. The molecular formula is C15H21N5O2. The van der Waals surface area contributed by atoms with E-state index in [1.807, 2.05) is 12.3 Å². The van der Waals surface area contributed by atoms with Gasteiger partial charge in [0.15, 0.2) is 0 Å². The molecule has 0 amide bonds. The highest BCUT2D eigenvalue weighted by Crippen LogP contribution is 2.32. The van der Waals surface area contributed by atoms with Gasteiger partial charge in [0.2, 0.25) is 0 Å². The topological polar surface area (TPSA) is 78.4 Å². The van der Waals surface area contributed by atoms with Crippen LogP contribution in [0.5, 0.6) is 0 Å². The smallest absolute Gasteiger partial charge is 0.147 e. The number of nitrogens with zero attached hydrogens (tertiary/aromatic N) is 4. The van der Waals surface area contributed by atoms with Crippen LogP contribution < -0.4 is 5.73 Å². The largest absolute Gasteiger partial charge is 0.383 e. The Morgan fingerprint density at radius 3 is 2.95 bits per heavy atom. The van der Waals surface area contributed by atoms with Crippen molar-refractivity contribution in [3.05, 3.63) is 18.6 Å². The molecule has 4 rings (SSSR count). The van der Waals surface area contributed by atoms with Crippen LogP contribution in [-0.4, -0.2) is 58.4 Å². The molecule has 0 saturated carbocycles. The zero-order valence-electron chi connectivity index (χ0n) is 12.5. The number of morpholine rings is 1. The van der Waals surface area contributed by atoms with E-state index in [9.17, 15) is 0 Å². The highest BCUT2D eigenvalue weighted by atomic mass is 16.5. The third kappa shape index (κ3) is 2.55. The number of rotatable bonds is 3. The van der Waals surface area contributed by atoms with Crippen LogP contribution in [0.1, 0.15) is 19.1 Å². The van der Waals surface area contributed by atoms with E-state index in [2.05, 4.69) is 19.4 Å². The van der Waals surface area contributed by atoms with Crippen molar-refractivity contribution in [2.45, 2.75) is 25.2 Å². The predicted molar refractivity (Wildman–Crippen MR) is 82.3 cm³/mol. The number of nitrogen functional groups attached to an aromatic ring is 1. The lowest BCUT2D eigenvalue weighted by atomic mass is 10.2. The number of ether oxygens (including phenoxy) is 2. The highest BCUT2D eigenvalue weighted by molar-refractivity contribution is 5.86. The standard InChI is InChI=1S/C15H21N5O2/c16-14-12-3-4-20(15(12)18-10-17-14)13-2-1-11(22-13)9-19-5-7-21-8-6-19/h3-4,10-11,13H,1-2,5-9H2,(H2,16,17,18). The normalized spacial score (nSPS) is 26.7. The van der Waals surface area contributed by atoms with E-state index in [1.54, 1.807) is 0 Å². The number of hydrogen-bond donors (Lipinski definition) is 1. The predicted octanol–water partition coefficient (Wildman–Crippen LogP) is 1.02. The molecule has 0 radical (unpaired) electrons. The summed E-state index contributed by atoms with van der Waals surface area (Å²) in [5.74, 6) is 0.520. The van der Waals surface area contributed by atoms with Crippen LogP contribution in [0.4, 0.5) is 5.82 Å². The summed E-state index contributed by atoms with van der Waals surface area (Å²) >= 11 is 0. The quantitative estimate of drug-likeness (QED) is 0.912. The molecule has 2 saturated heterocycles. The summed E-state index contributed by atoms with van der Waals surface area (Å²) in [4.78, 5) is 10.8. The number of hydrogen-bond acceptors (Lipinski definition) is 6. The van der Waals surface area contributed by atoms with Crippen LogP contribution in [0.3, 0.4) is 0 Å². The van der Waals surface area contributed by atoms with Gasteiger partial charge < -0.3 is 19.8 Å². The maximum absolute atomic E-state index is 6.24. The Hall–Kier alpha value is -1.70. The monoisotopic (exact) mass is 303 g/mol. The van der Waals surface area contributed by atoms with E-state index in [1.165, 1.54) is 6.33 Å². The summed E-state index contributed by atoms with van der Waals surface area (Å²) in [6.07, 6.45) is 5.90. The highest BCUT2D eigenvalue weighted by Gasteiger charge is 2.29. The second kappa shape index (κ2) is 5.83. The van der Waals surface area contributed by atoms with Gasteiger partial charge in [-0.05, 0) is 18.9 Å². The molecule has 0 aliphatic carbocycles. The SMILES string of the molecule is Nc1ncnc2c1ccn2C1CCC(CN2CCOCC2)O1. The fourth-order valence-electron chi connectivity index (χ4n) is 3.32. The molecule has 2 aliphatic rings. The molecule has 118 valence electrons. The average Bonchev–Trinajstić information content (AvgIpc) is 3.15. The van der Waals surface area contributed by atoms with Gasteiger partial charge in [-0.3, -0.25) is 4.90 Å². The number of nitrogens with two attached hydrogens (primary N) is 1. The van der Waals surface area contributed by atoms with Gasteiger partial charge in [0.05, 0.1) is 24.7 Å². The molecule has 0 spiro atoms. The Bertz CT molecular complexity index is 652. The van der Waals surface area contributed by atoms with Crippen LogP contribution in [0.2, 0.25) is 0 Å². The van der Waals surface area contributed by atoms with Gasteiger partial charge in [-0.25, -0.2) is 9.97 Å². The zero-order chi connectivity index (χ0) is 14.9. The van der Waals surface area contributed by atoms with E-state index < -0.39 is 0 Å². The van der Waals surface area contributed by atoms with Crippen LogP contribution in [0.15, 0.2) is 18.6 Å². The first-order valence-electron chi connectivity index (χ1n) is 7.84. The molecule has 2 fully saturated rings. The van der Waals surface area contributed by atoms with E-state index >= 15 is 0 Å². The van der Waals surface area contributed by atoms with Gasteiger partial charge in [0.25, 0.3) is 0 Å². The van der Waals surface area contributed by atoms with Crippen molar-refractivity contribution in [2.75, 3.05) is 38.6 Å². The first-order valence-corrected chi connectivity index (χ1v) is 7.84. The third-order valence-corrected chi connectivity index (χ3v) is 4.50. The van der Waals surface area contributed by atoms with Crippen molar-refractivity contribution < 1.29 is 9.47 Å². The average molecular weight is 303 g/mol. The minimum Gasteiger partial charge on any atom is -0.383 e. The van der Waals surface area contributed by atoms with E-state index in [0.717, 1.165) is 56.7 Å². The summed E-state index contributed by atoms with van der Waals surface area (Å²) < 4.78 is 13.7. The van der Waals surface area contributed by atoms with Crippen molar-refractivity contribution in [1.82, 2.24) is 19.4 Å². The van der Waals surface area contributed by atoms with Crippen LogP contribution in [-0.2, 0) is 9.47 Å². The molecule has 2 aliphatic heterocycles. The molecule has 0 bridgehead atoms. The lowest BCUT2D eigenvalue weighted by Crippen LogP contribution is -2.40. The van der Waals surface area contributed by atoms with Crippen LogP contribution in [0.25, 0.3) is 11.0 Å². The summed E-state index contributed by atoms with van der Waals surface area (Å²) in [5, 5.41) is 0.891. The molecular weight excluding hydrogens is 282 g/mol. The second-order valence-corrected chi connectivity index (χ2v) is 5.92. The number of aromatic nitrogens is 3.